The zero-order valence-corrected chi connectivity index (χ0v) is 10.6. The molecule has 3 unspecified atom stereocenters. The predicted molar refractivity (Wildman–Crippen MR) is 65.2 cm³/mol. The summed E-state index contributed by atoms with van der Waals surface area (Å²) in [4.78, 5) is 0. The Bertz CT molecular complexity index is 187. The van der Waals surface area contributed by atoms with Crippen molar-refractivity contribution in [2.24, 2.45) is 5.73 Å². The number of hydrogen-bond donors (Lipinski definition) is 2. The van der Waals surface area contributed by atoms with E-state index in [0.29, 0.717) is 17.9 Å². The van der Waals surface area contributed by atoms with Crippen molar-refractivity contribution in [1.29, 1.82) is 0 Å². The van der Waals surface area contributed by atoms with Gasteiger partial charge in [-0.3, -0.25) is 0 Å². The molecule has 0 saturated carbocycles. The van der Waals surface area contributed by atoms with E-state index in [0.717, 1.165) is 25.2 Å². The van der Waals surface area contributed by atoms with Crippen molar-refractivity contribution in [3.8, 4) is 0 Å². The molecule has 0 amide bonds. The topological polar surface area (TPSA) is 55.5 Å². The molecule has 0 bridgehead atoms. The van der Waals surface area contributed by atoms with E-state index in [2.05, 4.69) is 6.92 Å². The van der Waals surface area contributed by atoms with Gasteiger partial charge in [-0.15, -0.1) is 0 Å². The second-order valence-electron chi connectivity index (χ2n) is 4.58. The average molecular weight is 233 g/mol. The molecule has 15 heavy (non-hydrogen) atoms. The van der Waals surface area contributed by atoms with Crippen molar-refractivity contribution in [1.82, 2.24) is 0 Å². The number of thioether (sulfide) groups is 1. The van der Waals surface area contributed by atoms with Gasteiger partial charge in [-0.25, -0.2) is 0 Å². The molecule has 3 atom stereocenters. The second kappa shape index (κ2) is 6.09. The van der Waals surface area contributed by atoms with Gasteiger partial charge in [0, 0.05) is 18.4 Å². The van der Waals surface area contributed by atoms with Crippen LogP contribution in [0.1, 0.15) is 33.1 Å². The van der Waals surface area contributed by atoms with E-state index in [1.165, 1.54) is 6.42 Å². The highest BCUT2D eigenvalue weighted by atomic mass is 32.2. The smallest absolute Gasteiger partial charge is 0.0741 e. The molecule has 0 aliphatic carbocycles. The first-order valence-electron chi connectivity index (χ1n) is 5.71. The van der Waals surface area contributed by atoms with E-state index in [1.54, 1.807) is 6.92 Å². The molecule has 1 aliphatic heterocycles. The van der Waals surface area contributed by atoms with Gasteiger partial charge in [-0.1, -0.05) is 0 Å². The maximum absolute atomic E-state index is 9.71. The van der Waals surface area contributed by atoms with Crippen LogP contribution in [0.4, 0.5) is 0 Å². The molecular formula is C11H23NO2S. The standard InChI is InChI=1S/C11H23NO2S/c1-9-10(4-6-14-9)15-7-3-5-11(2,13)8-12/h9-10,13H,3-8,12H2,1-2H3. The van der Waals surface area contributed by atoms with Crippen molar-refractivity contribution < 1.29 is 9.84 Å². The quantitative estimate of drug-likeness (QED) is 0.681. The summed E-state index contributed by atoms with van der Waals surface area (Å²) >= 11 is 1.97. The van der Waals surface area contributed by atoms with Crippen LogP contribution in [-0.2, 0) is 4.74 Å². The van der Waals surface area contributed by atoms with Gasteiger partial charge in [0.2, 0.25) is 0 Å². The van der Waals surface area contributed by atoms with E-state index < -0.39 is 5.60 Å². The summed E-state index contributed by atoms with van der Waals surface area (Å²) in [6.45, 7) is 5.19. The minimum atomic E-state index is -0.682. The summed E-state index contributed by atoms with van der Waals surface area (Å²) in [6, 6.07) is 0. The molecule has 0 aromatic heterocycles. The van der Waals surface area contributed by atoms with Gasteiger partial charge in [0.25, 0.3) is 0 Å². The number of aliphatic hydroxyl groups is 1. The fraction of sp³-hybridized carbons (Fsp3) is 1.00. The minimum absolute atomic E-state index is 0.348. The summed E-state index contributed by atoms with van der Waals surface area (Å²) in [5.41, 5.74) is 4.77. The summed E-state index contributed by atoms with van der Waals surface area (Å²) in [5, 5.41) is 10.4. The van der Waals surface area contributed by atoms with Crippen molar-refractivity contribution >= 4 is 11.8 Å². The lowest BCUT2D eigenvalue weighted by atomic mass is 10.0. The molecule has 0 radical (unpaired) electrons. The molecule has 1 heterocycles. The lowest BCUT2D eigenvalue weighted by Crippen LogP contribution is -2.34. The third kappa shape index (κ3) is 4.72. The van der Waals surface area contributed by atoms with Crippen LogP contribution in [0, 0.1) is 0 Å². The van der Waals surface area contributed by atoms with Crippen molar-refractivity contribution in [3.63, 3.8) is 0 Å². The molecule has 0 aromatic carbocycles. The Morgan fingerprint density at radius 2 is 2.33 bits per heavy atom. The summed E-state index contributed by atoms with van der Waals surface area (Å²) in [7, 11) is 0. The molecule has 3 N–H and O–H groups in total. The van der Waals surface area contributed by atoms with Gasteiger partial charge in [0.1, 0.15) is 0 Å². The first kappa shape index (κ1) is 13.3. The third-order valence-electron chi connectivity index (χ3n) is 2.94. The van der Waals surface area contributed by atoms with E-state index in [4.69, 9.17) is 10.5 Å². The van der Waals surface area contributed by atoms with Gasteiger partial charge >= 0.3 is 0 Å². The van der Waals surface area contributed by atoms with Crippen molar-refractivity contribution in [2.45, 2.75) is 50.1 Å². The van der Waals surface area contributed by atoms with Gasteiger partial charge in [0.05, 0.1) is 11.7 Å². The number of nitrogens with two attached hydrogens (primary N) is 1. The van der Waals surface area contributed by atoms with Crippen LogP contribution in [0.25, 0.3) is 0 Å². The number of hydrogen-bond acceptors (Lipinski definition) is 4. The van der Waals surface area contributed by atoms with Crippen LogP contribution in [0.3, 0.4) is 0 Å². The Morgan fingerprint density at radius 3 is 2.87 bits per heavy atom. The van der Waals surface area contributed by atoms with Crippen LogP contribution in [0.5, 0.6) is 0 Å². The normalized spacial score (nSPS) is 30.4. The molecular weight excluding hydrogens is 210 g/mol. The predicted octanol–water partition coefficient (Wildman–Crippen LogP) is 1.39. The van der Waals surface area contributed by atoms with E-state index in [-0.39, 0.29) is 0 Å². The largest absolute Gasteiger partial charge is 0.389 e. The average Bonchev–Trinajstić information content (AvgIpc) is 2.59. The monoisotopic (exact) mass is 233 g/mol. The Morgan fingerprint density at radius 1 is 1.60 bits per heavy atom. The SMILES string of the molecule is CC1OCCC1SCCCC(C)(O)CN. The van der Waals surface area contributed by atoms with Crippen LogP contribution >= 0.6 is 11.8 Å². The second-order valence-corrected chi connectivity index (χ2v) is 5.93. The van der Waals surface area contributed by atoms with Crippen molar-refractivity contribution in [2.75, 3.05) is 18.9 Å². The first-order chi connectivity index (χ1) is 7.05. The van der Waals surface area contributed by atoms with Crippen LogP contribution in [0.2, 0.25) is 0 Å². The van der Waals surface area contributed by atoms with Crippen LogP contribution in [-0.4, -0.2) is 41.0 Å². The lowest BCUT2D eigenvalue weighted by Gasteiger charge is -2.21. The zero-order chi connectivity index (χ0) is 11.3. The molecule has 4 heteroatoms. The fourth-order valence-corrected chi connectivity index (χ4v) is 2.95. The third-order valence-corrected chi connectivity index (χ3v) is 4.51. The molecule has 1 saturated heterocycles. The lowest BCUT2D eigenvalue weighted by molar-refractivity contribution is 0.0595. The van der Waals surface area contributed by atoms with Crippen LogP contribution in [0.15, 0.2) is 0 Å². The summed E-state index contributed by atoms with van der Waals surface area (Å²) in [6.07, 6.45) is 3.38. The number of rotatable bonds is 6. The summed E-state index contributed by atoms with van der Waals surface area (Å²) < 4.78 is 5.49. The molecule has 90 valence electrons. The number of ether oxygens (including phenoxy) is 1. The minimum Gasteiger partial charge on any atom is -0.389 e. The Balaban J connectivity index is 2.06. The van der Waals surface area contributed by atoms with Gasteiger partial charge < -0.3 is 15.6 Å². The van der Waals surface area contributed by atoms with E-state index in [9.17, 15) is 5.11 Å². The van der Waals surface area contributed by atoms with Gasteiger partial charge in [-0.2, -0.15) is 11.8 Å². The molecule has 0 aromatic rings. The summed E-state index contributed by atoms with van der Waals surface area (Å²) in [5.74, 6) is 1.09. The molecule has 3 nitrogen and oxygen atoms in total. The highest BCUT2D eigenvalue weighted by Gasteiger charge is 2.24. The molecule has 1 rings (SSSR count). The first-order valence-corrected chi connectivity index (χ1v) is 6.76. The fourth-order valence-electron chi connectivity index (χ4n) is 1.72. The molecule has 0 spiro atoms. The Hall–Kier alpha value is 0.230. The molecule has 1 fully saturated rings. The highest BCUT2D eigenvalue weighted by molar-refractivity contribution is 7.99. The maximum atomic E-state index is 9.71. The van der Waals surface area contributed by atoms with E-state index in [1.807, 2.05) is 11.8 Å². The van der Waals surface area contributed by atoms with E-state index >= 15 is 0 Å². The Labute approximate surface area is 96.8 Å². The van der Waals surface area contributed by atoms with Crippen molar-refractivity contribution in [3.05, 3.63) is 0 Å². The molecule has 1 aliphatic rings. The van der Waals surface area contributed by atoms with Gasteiger partial charge in [0.15, 0.2) is 0 Å². The van der Waals surface area contributed by atoms with Gasteiger partial charge in [-0.05, 0) is 38.9 Å². The maximum Gasteiger partial charge on any atom is 0.0741 e. The highest BCUT2D eigenvalue weighted by Crippen LogP contribution is 2.27. The van der Waals surface area contributed by atoms with Crippen LogP contribution < -0.4 is 5.73 Å². The Kier molecular flexibility index (Phi) is 5.39. The zero-order valence-electron chi connectivity index (χ0n) is 9.74.